The molecular weight excluding hydrogens is 665 g/mol. The van der Waals surface area contributed by atoms with Crippen molar-refractivity contribution in [1.82, 2.24) is 19.6 Å². The van der Waals surface area contributed by atoms with E-state index in [9.17, 15) is 4.39 Å². The zero-order valence-corrected chi connectivity index (χ0v) is 27.9. The zero-order valence-electron chi connectivity index (χ0n) is 27.2. The molecule has 2 atom stereocenters. The molecule has 9 rings (SSSR count). The van der Waals surface area contributed by atoms with E-state index >= 15 is 0 Å². The number of fused-ring (bicyclic) bond motifs is 1. The molecule has 0 fully saturated rings. The number of rotatable bonds is 8. The molecule has 2 bridgehead atoms. The maximum absolute atomic E-state index is 15.0. The molecule has 2 unspecified atom stereocenters. The molecule has 6 aromatic rings. The molecule has 3 aromatic heterocycles. The molecule has 0 spiro atoms. The molecule has 5 heterocycles. The van der Waals surface area contributed by atoms with Gasteiger partial charge in [-0.3, -0.25) is 9.36 Å². The Hall–Kier alpha value is -5.11. The third kappa shape index (κ3) is 6.47. The van der Waals surface area contributed by atoms with Crippen LogP contribution in [0.25, 0.3) is 0 Å². The van der Waals surface area contributed by atoms with Gasteiger partial charge in [0.1, 0.15) is 17.3 Å². The van der Waals surface area contributed by atoms with E-state index in [0.717, 1.165) is 57.3 Å². The number of methoxy groups -OCH3 is 2. The minimum Gasteiger partial charge on any atom is -0.497 e. The van der Waals surface area contributed by atoms with Gasteiger partial charge in [-0.2, -0.15) is 14.8 Å². The van der Waals surface area contributed by atoms with Gasteiger partial charge in [-0.05, 0) is 71.3 Å². The van der Waals surface area contributed by atoms with Crippen LogP contribution in [0.3, 0.4) is 0 Å². The molecule has 3 aromatic carbocycles. The van der Waals surface area contributed by atoms with E-state index in [4.69, 9.17) is 38.3 Å². The van der Waals surface area contributed by atoms with Gasteiger partial charge in [-0.25, -0.2) is 23.0 Å². The van der Waals surface area contributed by atoms with Crippen LogP contribution in [0.5, 0.6) is 11.5 Å². The minimum atomic E-state index is -4.94. The summed E-state index contributed by atoms with van der Waals surface area (Å²) in [6.45, 7) is 1.24. The van der Waals surface area contributed by atoms with Crippen LogP contribution in [0.4, 0.5) is 4.39 Å². The zero-order chi connectivity index (χ0) is 35.0. The standard InChI is InChI=1S/C37H33FN5O2.ClHO4/c1-44-28-11-6-25(7-12-28)23-41-19-16-34(39-41)37(35-17-20-42(40-35)24-26-8-13-29(45-2)14-9-26)22-33-30-15-10-27(38)21-31(30)36(37)32-5-3-4-18-43(32)33;2-1(3,4)5/h3-21,33,36H,22-24H2,1-2H3;(H,2,3,4,5)/q+1;/p-1. The van der Waals surface area contributed by atoms with Gasteiger partial charge in [0, 0.05) is 36.5 Å². The van der Waals surface area contributed by atoms with Crippen molar-refractivity contribution in [1.29, 1.82) is 0 Å². The summed E-state index contributed by atoms with van der Waals surface area (Å²) in [7, 11) is -1.60. The van der Waals surface area contributed by atoms with Crippen LogP contribution in [0, 0.1) is 16.1 Å². The molecule has 0 amide bonds. The summed E-state index contributed by atoms with van der Waals surface area (Å²) in [6.07, 6.45) is 7.00. The Labute approximate surface area is 289 Å². The van der Waals surface area contributed by atoms with E-state index in [1.165, 1.54) is 0 Å². The molecule has 1 aliphatic carbocycles. The number of benzene rings is 3. The van der Waals surface area contributed by atoms with Crippen molar-refractivity contribution >= 4 is 0 Å². The molecule has 13 heteroatoms. The summed E-state index contributed by atoms with van der Waals surface area (Å²) in [5, 5.41) is 10.5. The average Bonchev–Trinajstić information content (AvgIpc) is 3.79. The lowest BCUT2D eigenvalue weighted by atomic mass is 9.56. The second-order valence-corrected chi connectivity index (χ2v) is 13.1. The highest BCUT2D eigenvalue weighted by atomic mass is 35.7. The fourth-order valence-corrected chi connectivity index (χ4v) is 7.40. The van der Waals surface area contributed by atoms with Gasteiger partial charge in [-0.15, -0.1) is 10.2 Å². The number of halogens is 2. The first kappa shape index (κ1) is 33.4. The van der Waals surface area contributed by atoms with Gasteiger partial charge in [-0.1, -0.05) is 30.3 Å². The normalized spacial score (nSPS) is 16.9. The van der Waals surface area contributed by atoms with Crippen molar-refractivity contribution in [3.63, 3.8) is 0 Å². The molecular formula is C37H33ClFN5O6. The highest BCUT2D eigenvalue weighted by molar-refractivity contribution is 5.52. The third-order valence-electron chi connectivity index (χ3n) is 9.48. The Kier molecular flexibility index (Phi) is 8.89. The van der Waals surface area contributed by atoms with Gasteiger partial charge >= 0.3 is 0 Å². The first-order valence-corrected chi connectivity index (χ1v) is 17.0. The first-order valence-electron chi connectivity index (χ1n) is 15.8. The van der Waals surface area contributed by atoms with E-state index in [0.29, 0.717) is 13.1 Å². The van der Waals surface area contributed by atoms with Crippen molar-refractivity contribution in [2.75, 3.05) is 14.2 Å². The summed E-state index contributed by atoms with van der Waals surface area (Å²) in [4.78, 5) is 0. The Balaban J connectivity index is 0.000000734. The number of nitrogens with zero attached hydrogens (tertiary/aromatic N) is 5. The SMILES string of the molecule is COc1ccc(Cn2ccc(C3(c4ccn(Cc5ccc(OC)cc5)n4)CC4c5ccc(F)cc5C3c3cccc[n+]34)n2)cc1.[O-][Cl+3]([O-])([O-])[O-]. The second kappa shape index (κ2) is 13.3. The number of pyridine rings is 1. The first-order chi connectivity index (χ1) is 24.1. The van der Waals surface area contributed by atoms with Crippen LogP contribution < -0.4 is 32.7 Å². The Morgan fingerprint density at radius 1 is 0.760 bits per heavy atom. The molecule has 11 nitrogen and oxygen atoms in total. The molecule has 0 saturated heterocycles. The van der Waals surface area contributed by atoms with Crippen molar-refractivity contribution in [2.24, 2.45) is 0 Å². The van der Waals surface area contributed by atoms with Crippen molar-refractivity contribution in [3.8, 4) is 11.5 Å². The van der Waals surface area contributed by atoms with Gasteiger partial charge in [0.2, 0.25) is 0 Å². The maximum Gasteiger partial charge on any atom is 0.190 e. The summed E-state index contributed by atoms with van der Waals surface area (Å²) in [5.41, 5.74) is 6.83. The molecule has 0 radical (unpaired) electrons. The second-order valence-electron chi connectivity index (χ2n) is 12.3. The summed E-state index contributed by atoms with van der Waals surface area (Å²) >= 11 is 0. The average molecular weight is 698 g/mol. The van der Waals surface area contributed by atoms with Crippen molar-refractivity contribution in [3.05, 3.63) is 161 Å². The summed E-state index contributed by atoms with van der Waals surface area (Å²) in [6, 6.07) is 32.0. The number of hydrogen-bond acceptors (Lipinski definition) is 8. The number of ether oxygens (including phenoxy) is 2. The Morgan fingerprint density at radius 3 is 1.82 bits per heavy atom. The minimum absolute atomic E-state index is 0.0141. The lowest BCUT2D eigenvalue weighted by molar-refractivity contribution is -2.00. The smallest absolute Gasteiger partial charge is 0.190 e. The monoisotopic (exact) mass is 697 g/mol. The van der Waals surface area contributed by atoms with E-state index in [1.54, 1.807) is 26.4 Å². The lowest BCUT2D eigenvalue weighted by Crippen LogP contribution is -2.68. The van der Waals surface area contributed by atoms with Crippen LogP contribution in [0.1, 0.15) is 57.7 Å². The van der Waals surface area contributed by atoms with Gasteiger partial charge < -0.3 is 9.47 Å². The van der Waals surface area contributed by atoms with Crippen LogP contribution in [0.2, 0.25) is 0 Å². The molecule has 3 aliphatic rings. The fourth-order valence-electron chi connectivity index (χ4n) is 7.40. The molecule has 50 heavy (non-hydrogen) atoms. The van der Waals surface area contributed by atoms with Gasteiger partial charge in [0.15, 0.2) is 17.9 Å². The van der Waals surface area contributed by atoms with E-state index in [-0.39, 0.29) is 17.8 Å². The van der Waals surface area contributed by atoms with E-state index in [2.05, 4.69) is 65.4 Å². The predicted octanol–water partition coefficient (Wildman–Crippen LogP) is 1.29. The van der Waals surface area contributed by atoms with E-state index < -0.39 is 15.7 Å². The molecule has 2 aliphatic heterocycles. The van der Waals surface area contributed by atoms with Crippen molar-refractivity contribution < 1.29 is 47.3 Å². The lowest BCUT2D eigenvalue weighted by Gasteiger charge is -2.47. The topological polar surface area (TPSA) is 150 Å². The largest absolute Gasteiger partial charge is 0.497 e. The number of aromatic nitrogens is 5. The fraction of sp³-hybridized carbons (Fsp3) is 0.216. The Bertz CT molecular complexity index is 2020. The predicted molar refractivity (Wildman–Crippen MR) is 167 cm³/mol. The molecule has 0 N–H and O–H groups in total. The highest BCUT2D eigenvalue weighted by Gasteiger charge is 2.61. The molecule has 0 saturated carbocycles. The van der Waals surface area contributed by atoms with Crippen molar-refractivity contribution in [2.45, 2.75) is 36.9 Å². The van der Waals surface area contributed by atoms with Gasteiger partial charge in [0.05, 0.1) is 50.0 Å². The van der Waals surface area contributed by atoms with Crippen LogP contribution in [-0.2, 0) is 18.5 Å². The summed E-state index contributed by atoms with van der Waals surface area (Å²) < 4.78 is 66.0. The van der Waals surface area contributed by atoms with Crippen LogP contribution in [0.15, 0.2) is 116 Å². The molecule has 256 valence electrons. The van der Waals surface area contributed by atoms with Gasteiger partial charge in [0.25, 0.3) is 0 Å². The number of hydrogen-bond donors (Lipinski definition) is 0. The summed E-state index contributed by atoms with van der Waals surface area (Å²) in [5.74, 6) is 1.24. The van der Waals surface area contributed by atoms with Crippen LogP contribution >= 0.6 is 0 Å². The van der Waals surface area contributed by atoms with E-state index in [1.807, 2.05) is 52.1 Å². The Morgan fingerprint density at radius 2 is 1.30 bits per heavy atom. The van der Waals surface area contributed by atoms with Crippen LogP contribution in [-0.4, -0.2) is 33.8 Å². The highest BCUT2D eigenvalue weighted by Crippen LogP contribution is 2.58. The maximum atomic E-state index is 15.0. The third-order valence-corrected chi connectivity index (χ3v) is 9.48. The quantitative estimate of drug-likeness (QED) is 0.216.